The molecule has 9 nitrogen and oxygen atoms in total. The van der Waals surface area contributed by atoms with Gasteiger partial charge in [-0.25, -0.2) is 13.2 Å². The molecule has 3 rings (SSSR count). The number of nitrogens with one attached hydrogen (secondary N) is 1. The number of rotatable bonds is 8. The summed E-state index contributed by atoms with van der Waals surface area (Å²) in [6.45, 7) is -0.302. The third-order valence-corrected chi connectivity index (χ3v) is 6.77. The summed E-state index contributed by atoms with van der Waals surface area (Å²) in [5.74, 6) is -1.01. The summed E-state index contributed by atoms with van der Waals surface area (Å²) in [5.41, 5.74) is 0.219. The number of aliphatic hydroxyl groups is 1. The van der Waals surface area contributed by atoms with Gasteiger partial charge in [0, 0.05) is 23.3 Å². The average molecular weight is 481 g/mol. The molecule has 0 bridgehead atoms. The zero-order chi connectivity index (χ0) is 23.5. The van der Waals surface area contributed by atoms with Crippen molar-refractivity contribution in [3.63, 3.8) is 0 Å². The molecule has 0 saturated carbocycles. The van der Waals surface area contributed by atoms with Crippen molar-refractivity contribution in [2.45, 2.75) is 9.79 Å². The van der Waals surface area contributed by atoms with Gasteiger partial charge in [-0.05, 0) is 36.4 Å². The number of β-amino-alcohol motifs (C(OH)–C–C–N with tert-alkyl or cyclic N) is 1. The molecule has 1 aliphatic heterocycles. The largest absolute Gasteiger partial charge is 0.497 e. The zero-order valence-electron chi connectivity index (χ0n) is 17.3. The standard InChI is InChI=1S/C21H21ClN2O7S/c1-30-15-9-14(10-17(11-15)32(28,29)16-5-3-13(22)4-6-16)23-19-18(21(27)31-2)12-24(7-8-25)20(19)26/h3-6,9-11,23,25H,7-8,12H2,1-2H3. The normalized spacial score (nSPS) is 14.0. The van der Waals surface area contributed by atoms with Crippen LogP contribution in [-0.4, -0.2) is 64.2 Å². The minimum atomic E-state index is -3.93. The Hall–Kier alpha value is -3.08. The molecule has 1 amide bonds. The lowest BCUT2D eigenvalue weighted by Gasteiger charge is -2.15. The number of halogens is 1. The van der Waals surface area contributed by atoms with Crippen LogP contribution in [0.1, 0.15) is 0 Å². The Morgan fingerprint density at radius 1 is 1.16 bits per heavy atom. The summed E-state index contributed by atoms with van der Waals surface area (Å²) in [4.78, 5) is 26.1. The number of sulfone groups is 1. The van der Waals surface area contributed by atoms with E-state index in [2.05, 4.69) is 5.32 Å². The highest BCUT2D eigenvalue weighted by atomic mass is 35.5. The SMILES string of the molecule is COC(=O)C1=C(Nc2cc(OC)cc(S(=O)(=O)c3ccc(Cl)cc3)c2)C(=O)N(CCO)C1. The molecule has 1 heterocycles. The number of hydrogen-bond donors (Lipinski definition) is 2. The van der Waals surface area contributed by atoms with Crippen molar-refractivity contribution in [1.82, 2.24) is 4.90 Å². The number of benzene rings is 2. The second-order valence-corrected chi connectivity index (χ2v) is 9.16. The summed E-state index contributed by atoms with van der Waals surface area (Å²) in [7, 11) is -1.36. The molecule has 1 aliphatic rings. The Bertz CT molecular complexity index is 1180. The molecule has 0 aliphatic carbocycles. The molecule has 0 aromatic heterocycles. The van der Waals surface area contributed by atoms with Gasteiger partial charge in [0.2, 0.25) is 9.84 Å². The number of aliphatic hydroxyl groups excluding tert-OH is 1. The van der Waals surface area contributed by atoms with E-state index in [1.165, 1.54) is 61.6 Å². The molecular formula is C21H21ClN2O7S. The lowest BCUT2D eigenvalue weighted by molar-refractivity contribution is -0.136. The first-order valence-electron chi connectivity index (χ1n) is 9.39. The summed E-state index contributed by atoms with van der Waals surface area (Å²) >= 11 is 5.86. The number of esters is 1. The molecule has 0 spiro atoms. The van der Waals surface area contributed by atoms with Crippen LogP contribution in [0, 0.1) is 0 Å². The molecule has 2 aromatic carbocycles. The number of carbonyl (C=O) groups excluding carboxylic acids is 2. The Balaban J connectivity index is 2.04. The van der Waals surface area contributed by atoms with Crippen LogP contribution in [0.4, 0.5) is 5.69 Å². The molecule has 170 valence electrons. The third-order valence-electron chi connectivity index (χ3n) is 4.77. The predicted octanol–water partition coefficient (Wildman–Crippen LogP) is 1.85. The van der Waals surface area contributed by atoms with Gasteiger partial charge in [0.05, 0.1) is 42.7 Å². The Labute approximate surface area is 190 Å². The number of carbonyl (C=O) groups is 2. The first-order chi connectivity index (χ1) is 15.2. The van der Waals surface area contributed by atoms with Gasteiger partial charge in [-0.2, -0.15) is 0 Å². The minimum absolute atomic E-state index is 0.0266. The smallest absolute Gasteiger partial charge is 0.337 e. The topological polar surface area (TPSA) is 122 Å². The number of ether oxygens (including phenoxy) is 2. The second-order valence-electron chi connectivity index (χ2n) is 6.78. The first-order valence-corrected chi connectivity index (χ1v) is 11.3. The highest BCUT2D eigenvalue weighted by Crippen LogP contribution is 2.31. The number of anilines is 1. The lowest BCUT2D eigenvalue weighted by Crippen LogP contribution is -2.31. The molecule has 0 radical (unpaired) electrons. The maximum absolute atomic E-state index is 13.1. The zero-order valence-corrected chi connectivity index (χ0v) is 18.9. The van der Waals surface area contributed by atoms with E-state index in [1.54, 1.807) is 0 Å². The lowest BCUT2D eigenvalue weighted by atomic mass is 10.2. The van der Waals surface area contributed by atoms with E-state index >= 15 is 0 Å². The van der Waals surface area contributed by atoms with Crippen LogP contribution in [0.25, 0.3) is 0 Å². The highest BCUT2D eigenvalue weighted by molar-refractivity contribution is 7.91. The summed E-state index contributed by atoms with van der Waals surface area (Å²) in [6.07, 6.45) is 0. The summed E-state index contributed by atoms with van der Waals surface area (Å²) in [5, 5.41) is 12.4. The van der Waals surface area contributed by atoms with Gasteiger partial charge in [0.25, 0.3) is 5.91 Å². The highest BCUT2D eigenvalue weighted by Gasteiger charge is 2.34. The maximum Gasteiger partial charge on any atom is 0.337 e. The molecule has 2 N–H and O–H groups in total. The summed E-state index contributed by atoms with van der Waals surface area (Å²) < 4.78 is 36.2. The molecule has 32 heavy (non-hydrogen) atoms. The third kappa shape index (κ3) is 4.72. The van der Waals surface area contributed by atoms with Crippen molar-refractivity contribution < 1.29 is 32.6 Å². The Morgan fingerprint density at radius 2 is 1.84 bits per heavy atom. The molecule has 0 atom stereocenters. The van der Waals surface area contributed by atoms with Crippen molar-refractivity contribution >= 4 is 39.0 Å². The quantitative estimate of drug-likeness (QED) is 0.549. The van der Waals surface area contributed by atoms with Crippen molar-refractivity contribution in [2.24, 2.45) is 0 Å². The molecular weight excluding hydrogens is 460 g/mol. The number of methoxy groups -OCH3 is 2. The van der Waals surface area contributed by atoms with Crippen molar-refractivity contribution in [2.75, 3.05) is 39.2 Å². The van der Waals surface area contributed by atoms with Gasteiger partial charge >= 0.3 is 5.97 Å². The minimum Gasteiger partial charge on any atom is -0.497 e. The van der Waals surface area contributed by atoms with Crippen LogP contribution >= 0.6 is 11.6 Å². The van der Waals surface area contributed by atoms with E-state index in [-0.39, 0.29) is 52.2 Å². The van der Waals surface area contributed by atoms with Gasteiger partial charge in [-0.15, -0.1) is 0 Å². The molecule has 0 fully saturated rings. The second kappa shape index (κ2) is 9.60. The van der Waals surface area contributed by atoms with E-state index in [0.29, 0.717) is 5.02 Å². The number of nitrogens with zero attached hydrogens (tertiary/aromatic N) is 1. The fourth-order valence-electron chi connectivity index (χ4n) is 3.16. The fourth-order valence-corrected chi connectivity index (χ4v) is 4.61. The predicted molar refractivity (Wildman–Crippen MR) is 116 cm³/mol. The average Bonchev–Trinajstić information content (AvgIpc) is 3.08. The van der Waals surface area contributed by atoms with E-state index in [1.807, 2.05) is 0 Å². The van der Waals surface area contributed by atoms with Crippen molar-refractivity contribution in [3.05, 3.63) is 58.8 Å². The number of amides is 1. The van der Waals surface area contributed by atoms with E-state index in [0.717, 1.165) is 0 Å². The summed E-state index contributed by atoms with van der Waals surface area (Å²) in [6, 6.07) is 9.87. The Kier molecular flexibility index (Phi) is 7.07. The van der Waals surface area contributed by atoms with Crippen LogP contribution in [0.5, 0.6) is 5.75 Å². The van der Waals surface area contributed by atoms with Gasteiger partial charge in [0.1, 0.15) is 11.4 Å². The fraction of sp³-hybridized carbons (Fsp3) is 0.238. The first kappa shape index (κ1) is 23.6. The van der Waals surface area contributed by atoms with E-state index in [4.69, 9.17) is 21.1 Å². The monoisotopic (exact) mass is 480 g/mol. The van der Waals surface area contributed by atoms with Crippen molar-refractivity contribution in [1.29, 1.82) is 0 Å². The van der Waals surface area contributed by atoms with Crippen LogP contribution in [0.2, 0.25) is 5.02 Å². The molecule has 2 aromatic rings. The maximum atomic E-state index is 13.1. The van der Waals surface area contributed by atoms with Gasteiger partial charge in [0.15, 0.2) is 0 Å². The van der Waals surface area contributed by atoms with Crippen LogP contribution < -0.4 is 10.1 Å². The van der Waals surface area contributed by atoms with Crippen LogP contribution in [0.15, 0.2) is 63.5 Å². The van der Waals surface area contributed by atoms with Gasteiger partial charge in [-0.1, -0.05) is 11.6 Å². The van der Waals surface area contributed by atoms with Gasteiger partial charge in [-0.3, -0.25) is 4.79 Å². The van der Waals surface area contributed by atoms with E-state index < -0.39 is 21.7 Å². The van der Waals surface area contributed by atoms with Crippen LogP contribution in [-0.2, 0) is 24.2 Å². The molecule has 0 unspecified atom stereocenters. The van der Waals surface area contributed by atoms with Crippen LogP contribution in [0.3, 0.4) is 0 Å². The molecule has 0 saturated heterocycles. The number of hydrogen-bond acceptors (Lipinski definition) is 8. The van der Waals surface area contributed by atoms with Gasteiger partial charge < -0.3 is 24.8 Å². The van der Waals surface area contributed by atoms with Crippen molar-refractivity contribution in [3.8, 4) is 5.75 Å². The Morgan fingerprint density at radius 3 is 2.44 bits per heavy atom. The molecule has 11 heteroatoms. The van der Waals surface area contributed by atoms with E-state index in [9.17, 15) is 23.1 Å².